The van der Waals surface area contributed by atoms with Crippen LogP contribution in [-0.4, -0.2) is 25.5 Å². The molecule has 0 fully saturated rings. The molecule has 0 aliphatic carbocycles. The lowest BCUT2D eigenvalue weighted by Gasteiger charge is -2.15. The second-order valence-corrected chi connectivity index (χ2v) is 7.80. The zero-order chi connectivity index (χ0) is 21.1. The number of rotatable bonds is 6. The lowest BCUT2D eigenvalue weighted by Crippen LogP contribution is -2.13. The Bertz CT molecular complexity index is 1220. The van der Waals surface area contributed by atoms with Crippen molar-refractivity contribution >= 4 is 29.1 Å². The molecule has 152 valence electrons. The van der Waals surface area contributed by atoms with Crippen molar-refractivity contribution in [3.05, 3.63) is 77.5 Å². The van der Waals surface area contributed by atoms with Gasteiger partial charge in [0.2, 0.25) is 0 Å². The van der Waals surface area contributed by atoms with Gasteiger partial charge in [-0.25, -0.2) is 9.37 Å². The van der Waals surface area contributed by atoms with E-state index in [4.69, 9.17) is 0 Å². The maximum absolute atomic E-state index is 13.5. The molecule has 8 heteroatoms. The number of anilines is 1. The van der Waals surface area contributed by atoms with E-state index in [9.17, 15) is 9.18 Å². The number of fused-ring (bicyclic) bond motifs is 1. The molecule has 2 aromatic heterocycles. The molecule has 2 aromatic carbocycles. The van der Waals surface area contributed by atoms with E-state index in [1.807, 2.05) is 31.2 Å². The molecule has 0 saturated heterocycles. The Morgan fingerprint density at radius 2 is 2.03 bits per heavy atom. The highest BCUT2D eigenvalue weighted by atomic mass is 32.2. The number of hydrogen-bond donors (Lipinski definition) is 1. The number of benzene rings is 2. The molecular formula is C22H20FN5OS. The topological polar surface area (TPSA) is 72.2 Å². The lowest BCUT2D eigenvalue weighted by molar-refractivity contribution is 0.102. The zero-order valence-electron chi connectivity index (χ0n) is 16.6. The van der Waals surface area contributed by atoms with Crippen LogP contribution < -0.4 is 5.32 Å². The van der Waals surface area contributed by atoms with Gasteiger partial charge in [-0.3, -0.25) is 4.79 Å². The molecule has 4 rings (SSSR count). The standard InChI is InChI=1S/C22H20FN5OS/c1-3-7-17-14(2)26-22-24-13-25-28(22)21(17)30-19-11-5-4-10-18(19)27-20(29)15-8-6-9-16(23)12-15/h4-6,8-13H,3,7H2,1-2H3,(H,27,29). The number of nitrogens with one attached hydrogen (secondary N) is 1. The fraction of sp³-hybridized carbons (Fsp3) is 0.182. The summed E-state index contributed by atoms with van der Waals surface area (Å²) in [6.07, 6.45) is 3.31. The van der Waals surface area contributed by atoms with Gasteiger partial charge in [0.15, 0.2) is 0 Å². The van der Waals surface area contributed by atoms with E-state index in [1.54, 1.807) is 10.6 Å². The largest absolute Gasteiger partial charge is 0.321 e. The van der Waals surface area contributed by atoms with E-state index in [0.717, 1.165) is 34.0 Å². The normalized spacial score (nSPS) is 11.0. The van der Waals surface area contributed by atoms with Gasteiger partial charge in [-0.05, 0) is 43.7 Å². The summed E-state index contributed by atoms with van der Waals surface area (Å²) < 4.78 is 15.2. The minimum absolute atomic E-state index is 0.264. The highest BCUT2D eigenvalue weighted by Gasteiger charge is 2.17. The van der Waals surface area contributed by atoms with Crippen molar-refractivity contribution in [3.63, 3.8) is 0 Å². The molecule has 6 nitrogen and oxygen atoms in total. The summed E-state index contributed by atoms with van der Waals surface area (Å²) in [5, 5.41) is 8.16. The van der Waals surface area contributed by atoms with Gasteiger partial charge in [0.25, 0.3) is 11.7 Å². The predicted octanol–water partition coefficient (Wildman–Crippen LogP) is 4.93. The van der Waals surface area contributed by atoms with Crippen molar-refractivity contribution in [1.29, 1.82) is 0 Å². The number of nitrogens with zero attached hydrogens (tertiary/aromatic N) is 4. The van der Waals surface area contributed by atoms with Crippen LogP contribution in [0.1, 0.15) is 35.0 Å². The van der Waals surface area contributed by atoms with E-state index >= 15 is 0 Å². The number of carbonyl (C=O) groups is 1. The number of halogens is 1. The van der Waals surface area contributed by atoms with Crippen molar-refractivity contribution < 1.29 is 9.18 Å². The second kappa shape index (κ2) is 8.62. The third kappa shape index (κ3) is 4.04. The number of para-hydroxylation sites is 1. The number of amides is 1. The summed E-state index contributed by atoms with van der Waals surface area (Å²) in [5.41, 5.74) is 2.93. The molecule has 2 heterocycles. The van der Waals surface area contributed by atoms with Gasteiger partial charge in [-0.2, -0.15) is 14.6 Å². The Kier molecular flexibility index (Phi) is 5.76. The molecule has 0 unspecified atom stereocenters. The van der Waals surface area contributed by atoms with Crippen LogP contribution in [0.15, 0.2) is 64.8 Å². The van der Waals surface area contributed by atoms with Gasteiger partial charge < -0.3 is 5.32 Å². The minimum Gasteiger partial charge on any atom is -0.321 e. The van der Waals surface area contributed by atoms with Crippen molar-refractivity contribution in [2.45, 2.75) is 36.6 Å². The highest BCUT2D eigenvalue weighted by Crippen LogP contribution is 2.36. The third-order valence-corrected chi connectivity index (χ3v) is 5.80. The third-order valence-electron chi connectivity index (χ3n) is 4.61. The van der Waals surface area contributed by atoms with E-state index < -0.39 is 5.82 Å². The molecule has 0 atom stereocenters. The average molecular weight is 422 g/mol. The summed E-state index contributed by atoms with van der Waals surface area (Å²) in [4.78, 5) is 22.3. The first-order chi connectivity index (χ1) is 14.6. The van der Waals surface area contributed by atoms with Crippen molar-refractivity contribution in [3.8, 4) is 0 Å². The van der Waals surface area contributed by atoms with E-state index in [1.165, 1.54) is 36.3 Å². The van der Waals surface area contributed by atoms with Crippen LogP contribution in [-0.2, 0) is 6.42 Å². The Labute approximate surface area is 177 Å². The lowest BCUT2D eigenvalue weighted by atomic mass is 10.1. The van der Waals surface area contributed by atoms with E-state index in [-0.39, 0.29) is 11.5 Å². The van der Waals surface area contributed by atoms with Crippen molar-refractivity contribution in [2.75, 3.05) is 5.32 Å². The fourth-order valence-electron chi connectivity index (χ4n) is 3.18. The van der Waals surface area contributed by atoms with Gasteiger partial charge >= 0.3 is 0 Å². The molecule has 0 aliphatic heterocycles. The molecule has 30 heavy (non-hydrogen) atoms. The van der Waals surface area contributed by atoms with Gasteiger partial charge in [0.05, 0.1) is 5.69 Å². The predicted molar refractivity (Wildman–Crippen MR) is 114 cm³/mol. The Morgan fingerprint density at radius 1 is 1.20 bits per heavy atom. The first-order valence-electron chi connectivity index (χ1n) is 9.60. The molecule has 0 bridgehead atoms. The quantitative estimate of drug-likeness (QED) is 0.447. The summed E-state index contributed by atoms with van der Waals surface area (Å²) >= 11 is 1.50. The van der Waals surface area contributed by atoms with Crippen LogP contribution in [0.5, 0.6) is 0 Å². The molecular weight excluding hydrogens is 401 g/mol. The SMILES string of the molecule is CCCc1c(C)nc2ncnn2c1Sc1ccccc1NC(=O)c1cccc(F)c1. The molecule has 1 N–H and O–H groups in total. The van der Waals surface area contributed by atoms with Gasteiger partial charge in [-0.1, -0.05) is 43.3 Å². The van der Waals surface area contributed by atoms with E-state index in [2.05, 4.69) is 27.3 Å². The van der Waals surface area contributed by atoms with Crippen molar-refractivity contribution in [2.24, 2.45) is 0 Å². The molecule has 0 aliphatic rings. The van der Waals surface area contributed by atoms with Crippen LogP contribution in [0.3, 0.4) is 0 Å². The van der Waals surface area contributed by atoms with Crippen LogP contribution in [0.25, 0.3) is 5.78 Å². The zero-order valence-corrected chi connectivity index (χ0v) is 17.4. The number of aromatic nitrogens is 4. The highest BCUT2D eigenvalue weighted by molar-refractivity contribution is 7.99. The molecule has 0 radical (unpaired) electrons. The van der Waals surface area contributed by atoms with Gasteiger partial charge in [0, 0.05) is 21.7 Å². The summed E-state index contributed by atoms with van der Waals surface area (Å²) in [5.74, 6) is -0.278. The molecule has 0 saturated carbocycles. The monoisotopic (exact) mass is 421 g/mol. The maximum Gasteiger partial charge on any atom is 0.255 e. The van der Waals surface area contributed by atoms with Crippen LogP contribution >= 0.6 is 11.8 Å². The number of carbonyl (C=O) groups excluding carboxylic acids is 1. The van der Waals surface area contributed by atoms with E-state index in [0.29, 0.717) is 11.5 Å². The van der Waals surface area contributed by atoms with Gasteiger partial charge in [0.1, 0.15) is 17.2 Å². The molecule has 1 amide bonds. The molecule has 4 aromatic rings. The Hall–Kier alpha value is -3.26. The Morgan fingerprint density at radius 3 is 2.83 bits per heavy atom. The minimum atomic E-state index is -0.449. The van der Waals surface area contributed by atoms with Crippen LogP contribution in [0, 0.1) is 12.7 Å². The Balaban J connectivity index is 1.71. The summed E-state index contributed by atoms with van der Waals surface area (Å²) in [6, 6.07) is 13.1. The van der Waals surface area contributed by atoms with Crippen LogP contribution in [0.2, 0.25) is 0 Å². The maximum atomic E-state index is 13.5. The number of aryl methyl sites for hydroxylation is 1. The molecule has 0 spiro atoms. The van der Waals surface area contributed by atoms with Crippen molar-refractivity contribution in [1.82, 2.24) is 19.6 Å². The summed E-state index contributed by atoms with van der Waals surface area (Å²) in [6.45, 7) is 4.09. The average Bonchev–Trinajstić information content (AvgIpc) is 3.20. The second-order valence-electron chi connectivity index (χ2n) is 6.77. The summed E-state index contributed by atoms with van der Waals surface area (Å²) in [7, 11) is 0. The smallest absolute Gasteiger partial charge is 0.255 e. The first kappa shape index (κ1) is 20.0. The van der Waals surface area contributed by atoms with Gasteiger partial charge in [-0.15, -0.1) is 0 Å². The fourth-order valence-corrected chi connectivity index (χ4v) is 4.36. The van der Waals surface area contributed by atoms with Crippen LogP contribution in [0.4, 0.5) is 10.1 Å². The number of hydrogen-bond acceptors (Lipinski definition) is 5. The first-order valence-corrected chi connectivity index (χ1v) is 10.4.